The fraction of sp³-hybridized carbons (Fsp3) is 0.409. The lowest BCUT2D eigenvalue weighted by molar-refractivity contribution is -0.149. The summed E-state index contributed by atoms with van der Waals surface area (Å²) < 4.78 is 5.20. The van der Waals surface area contributed by atoms with Crippen molar-refractivity contribution in [1.82, 2.24) is 15.2 Å². The Morgan fingerprint density at radius 3 is 2.90 bits per heavy atom. The molecule has 1 aliphatic heterocycles. The van der Waals surface area contributed by atoms with Crippen LogP contribution in [0.3, 0.4) is 0 Å². The fourth-order valence-electron chi connectivity index (χ4n) is 3.51. The molecule has 29 heavy (non-hydrogen) atoms. The van der Waals surface area contributed by atoms with E-state index < -0.39 is 0 Å². The summed E-state index contributed by atoms with van der Waals surface area (Å²) in [5.41, 5.74) is 3.21. The molecule has 1 aromatic carbocycles. The number of likely N-dealkylation sites (tertiary alicyclic amines) is 1. The van der Waals surface area contributed by atoms with Crippen LogP contribution in [0.1, 0.15) is 25.3 Å². The first-order valence-corrected chi connectivity index (χ1v) is 9.84. The molecule has 1 unspecified atom stereocenters. The number of pyridine rings is 1. The van der Waals surface area contributed by atoms with Crippen molar-refractivity contribution in [3.63, 3.8) is 0 Å². The molecule has 1 saturated heterocycles. The second-order valence-corrected chi connectivity index (χ2v) is 6.85. The summed E-state index contributed by atoms with van der Waals surface area (Å²) in [6.07, 6.45) is 3.64. The number of benzene rings is 1. The van der Waals surface area contributed by atoms with Crippen molar-refractivity contribution < 1.29 is 9.53 Å². The number of aromatic nitrogens is 1. The van der Waals surface area contributed by atoms with Gasteiger partial charge >= 0.3 is 5.97 Å². The van der Waals surface area contributed by atoms with Crippen molar-refractivity contribution in [2.24, 2.45) is 10.9 Å². The van der Waals surface area contributed by atoms with Gasteiger partial charge in [-0.2, -0.15) is 0 Å². The lowest BCUT2D eigenvalue weighted by Crippen LogP contribution is -2.48. The van der Waals surface area contributed by atoms with Crippen LogP contribution in [0.4, 0.5) is 0 Å². The summed E-state index contributed by atoms with van der Waals surface area (Å²) in [6, 6.07) is 14.3. The molecule has 0 radical (unpaired) electrons. The van der Waals surface area contributed by atoms with Crippen LogP contribution >= 0.6 is 24.0 Å². The van der Waals surface area contributed by atoms with Gasteiger partial charge in [-0.05, 0) is 43.5 Å². The number of nitrogens with one attached hydrogen (secondary N) is 1. The van der Waals surface area contributed by atoms with Gasteiger partial charge in [0.25, 0.3) is 0 Å². The van der Waals surface area contributed by atoms with Crippen LogP contribution in [0.5, 0.6) is 0 Å². The molecule has 1 fully saturated rings. The van der Waals surface area contributed by atoms with Crippen molar-refractivity contribution in [1.29, 1.82) is 0 Å². The van der Waals surface area contributed by atoms with Crippen LogP contribution in [-0.2, 0) is 16.1 Å². The lowest BCUT2D eigenvalue weighted by Gasteiger charge is -2.34. The highest BCUT2D eigenvalue weighted by Crippen LogP contribution is 2.19. The molecule has 7 heteroatoms. The van der Waals surface area contributed by atoms with E-state index in [4.69, 9.17) is 4.74 Å². The zero-order valence-corrected chi connectivity index (χ0v) is 19.3. The number of piperidine rings is 1. The van der Waals surface area contributed by atoms with Crippen LogP contribution in [0.25, 0.3) is 11.3 Å². The van der Waals surface area contributed by atoms with Gasteiger partial charge in [-0.3, -0.25) is 14.8 Å². The maximum absolute atomic E-state index is 12.1. The summed E-state index contributed by atoms with van der Waals surface area (Å²) in [6.45, 7) is 4.47. The smallest absolute Gasteiger partial charge is 0.310 e. The maximum Gasteiger partial charge on any atom is 0.310 e. The van der Waals surface area contributed by atoms with Gasteiger partial charge in [-0.15, -0.1) is 24.0 Å². The Balaban J connectivity index is 0.00000300. The Labute approximate surface area is 189 Å². The predicted octanol–water partition coefficient (Wildman–Crippen LogP) is 3.72. The largest absolute Gasteiger partial charge is 0.466 e. The zero-order chi connectivity index (χ0) is 19.8. The van der Waals surface area contributed by atoms with E-state index >= 15 is 0 Å². The molecule has 3 rings (SSSR count). The number of rotatable bonds is 5. The Morgan fingerprint density at radius 1 is 1.31 bits per heavy atom. The number of esters is 1. The number of hydrogen-bond acceptors (Lipinski definition) is 4. The third-order valence-electron chi connectivity index (χ3n) is 4.89. The van der Waals surface area contributed by atoms with Gasteiger partial charge in [0.1, 0.15) is 0 Å². The Kier molecular flexibility index (Phi) is 9.37. The zero-order valence-electron chi connectivity index (χ0n) is 17.0. The average Bonchev–Trinajstić information content (AvgIpc) is 2.75. The molecule has 2 heterocycles. The number of nitrogens with zero attached hydrogens (tertiary/aromatic N) is 3. The summed E-state index contributed by atoms with van der Waals surface area (Å²) >= 11 is 0. The van der Waals surface area contributed by atoms with Gasteiger partial charge in [0.05, 0.1) is 18.2 Å². The van der Waals surface area contributed by atoms with E-state index in [2.05, 4.69) is 38.4 Å². The number of hydrogen-bond donors (Lipinski definition) is 1. The number of aliphatic imine (C=N–C) groups is 1. The molecule has 0 saturated carbocycles. The molecule has 2 aromatic rings. The van der Waals surface area contributed by atoms with Gasteiger partial charge in [-0.25, -0.2) is 0 Å². The first-order valence-electron chi connectivity index (χ1n) is 9.84. The monoisotopic (exact) mass is 508 g/mol. The molecule has 0 amide bonds. The molecular weight excluding hydrogens is 479 g/mol. The minimum absolute atomic E-state index is 0. The van der Waals surface area contributed by atoms with Crippen LogP contribution < -0.4 is 5.32 Å². The van der Waals surface area contributed by atoms with Crippen LogP contribution in [0.2, 0.25) is 0 Å². The van der Waals surface area contributed by atoms with E-state index in [9.17, 15) is 4.79 Å². The molecule has 156 valence electrons. The van der Waals surface area contributed by atoms with E-state index in [1.807, 2.05) is 31.2 Å². The fourth-order valence-corrected chi connectivity index (χ4v) is 3.51. The summed E-state index contributed by atoms with van der Waals surface area (Å²) in [5.74, 6) is 0.627. The Bertz CT molecular complexity index is 813. The molecule has 1 N–H and O–H groups in total. The molecule has 6 nitrogen and oxygen atoms in total. The van der Waals surface area contributed by atoms with Gasteiger partial charge in [0, 0.05) is 38.4 Å². The third kappa shape index (κ3) is 6.42. The minimum Gasteiger partial charge on any atom is -0.466 e. The minimum atomic E-state index is -0.106. The number of ether oxygens (including phenoxy) is 1. The molecule has 1 aromatic heterocycles. The van der Waals surface area contributed by atoms with Crippen molar-refractivity contribution >= 4 is 35.9 Å². The second-order valence-electron chi connectivity index (χ2n) is 6.85. The molecule has 1 aliphatic rings. The standard InChI is InChI=1S/C22H28N4O2.HI/c1-3-28-21(27)19-10-7-13-26(16-19)22(23-2)25-15-17-8-6-9-18(14-17)20-11-4-5-12-24-20;/h4-6,8-9,11-12,14,19H,3,7,10,13,15-16H2,1-2H3,(H,23,25);1H. The van der Waals surface area contributed by atoms with E-state index in [1.54, 1.807) is 13.2 Å². The summed E-state index contributed by atoms with van der Waals surface area (Å²) in [5, 5.41) is 3.43. The summed E-state index contributed by atoms with van der Waals surface area (Å²) in [7, 11) is 1.78. The first kappa shape index (κ1) is 23.1. The van der Waals surface area contributed by atoms with Crippen LogP contribution in [0.15, 0.2) is 53.7 Å². The average molecular weight is 508 g/mol. The highest BCUT2D eigenvalue weighted by Gasteiger charge is 2.28. The first-order chi connectivity index (χ1) is 13.7. The van der Waals surface area contributed by atoms with Crippen molar-refractivity contribution in [2.45, 2.75) is 26.3 Å². The topological polar surface area (TPSA) is 66.8 Å². The molecule has 0 bridgehead atoms. The van der Waals surface area contributed by atoms with Gasteiger partial charge in [-0.1, -0.05) is 24.3 Å². The van der Waals surface area contributed by atoms with Gasteiger partial charge in [0.2, 0.25) is 0 Å². The Morgan fingerprint density at radius 2 is 2.17 bits per heavy atom. The van der Waals surface area contributed by atoms with E-state index in [-0.39, 0.29) is 35.9 Å². The lowest BCUT2D eigenvalue weighted by atomic mass is 9.98. The van der Waals surface area contributed by atoms with E-state index in [0.29, 0.717) is 19.7 Å². The number of guanidine groups is 1. The van der Waals surface area contributed by atoms with Crippen molar-refractivity contribution in [3.05, 3.63) is 54.2 Å². The van der Waals surface area contributed by atoms with E-state index in [1.165, 1.54) is 0 Å². The molecule has 0 aliphatic carbocycles. The third-order valence-corrected chi connectivity index (χ3v) is 4.89. The van der Waals surface area contributed by atoms with Crippen LogP contribution in [0, 0.1) is 5.92 Å². The predicted molar refractivity (Wildman–Crippen MR) is 126 cm³/mol. The number of carbonyl (C=O) groups excluding carboxylic acids is 1. The molecular formula is C22H29IN4O2. The molecule has 1 atom stereocenters. The summed E-state index contributed by atoms with van der Waals surface area (Å²) in [4.78, 5) is 23.1. The maximum atomic E-state index is 12.1. The van der Waals surface area contributed by atoms with Gasteiger partial charge in [0.15, 0.2) is 5.96 Å². The molecule has 0 spiro atoms. The second kappa shape index (κ2) is 11.7. The quantitative estimate of drug-likeness (QED) is 0.289. The SMILES string of the molecule is CCOC(=O)C1CCCN(C(=NC)NCc2cccc(-c3ccccn3)c2)C1.I. The number of halogens is 1. The highest BCUT2D eigenvalue weighted by molar-refractivity contribution is 14.0. The normalized spacial score (nSPS) is 16.7. The Hall–Kier alpha value is -2.16. The van der Waals surface area contributed by atoms with Crippen molar-refractivity contribution in [2.75, 3.05) is 26.7 Å². The van der Waals surface area contributed by atoms with Crippen LogP contribution in [-0.4, -0.2) is 48.6 Å². The van der Waals surface area contributed by atoms with Gasteiger partial charge < -0.3 is 15.0 Å². The highest BCUT2D eigenvalue weighted by atomic mass is 127. The number of carbonyl (C=O) groups is 1. The van der Waals surface area contributed by atoms with Crippen molar-refractivity contribution in [3.8, 4) is 11.3 Å². The van der Waals surface area contributed by atoms with E-state index in [0.717, 1.165) is 42.2 Å².